The van der Waals surface area contributed by atoms with E-state index in [1.54, 1.807) is 4.90 Å². The standard InChI is InChI=1S/C15H20N2O3S/c18-14(16-11-15(19)7-3-8-15)17-9-4-10-21(20)13-6-2-1-5-12(13)17/h1-2,5-6,19H,3-4,7-11H2,(H,16,18). The monoisotopic (exact) mass is 308 g/mol. The van der Waals surface area contributed by atoms with Gasteiger partial charge in [0.15, 0.2) is 0 Å². The zero-order valence-corrected chi connectivity index (χ0v) is 12.7. The van der Waals surface area contributed by atoms with Crippen molar-refractivity contribution in [2.45, 2.75) is 36.2 Å². The van der Waals surface area contributed by atoms with Crippen LogP contribution >= 0.6 is 0 Å². The number of hydrogen-bond donors (Lipinski definition) is 2. The van der Waals surface area contributed by atoms with Gasteiger partial charge in [0.25, 0.3) is 0 Å². The van der Waals surface area contributed by atoms with Gasteiger partial charge in [-0.1, -0.05) is 12.1 Å². The van der Waals surface area contributed by atoms with Crippen molar-refractivity contribution >= 4 is 22.5 Å². The molecule has 0 spiro atoms. The second kappa shape index (κ2) is 5.77. The molecular weight excluding hydrogens is 288 g/mol. The van der Waals surface area contributed by atoms with Crippen LogP contribution in [0.3, 0.4) is 0 Å². The van der Waals surface area contributed by atoms with Gasteiger partial charge in [0, 0.05) is 18.8 Å². The van der Waals surface area contributed by atoms with Crippen LogP contribution in [0.4, 0.5) is 10.5 Å². The highest BCUT2D eigenvalue weighted by molar-refractivity contribution is 7.85. The molecule has 1 saturated carbocycles. The largest absolute Gasteiger partial charge is 0.388 e. The molecule has 1 fully saturated rings. The van der Waals surface area contributed by atoms with E-state index in [1.165, 1.54) is 0 Å². The van der Waals surface area contributed by atoms with Gasteiger partial charge in [0.1, 0.15) is 0 Å². The number of fused-ring (bicyclic) bond motifs is 1. The fraction of sp³-hybridized carbons (Fsp3) is 0.533. The summed E-state index contributed by atoms with van der Waals surface area (Å²) in [6, 6.07) is 7.12. The Bertz CT molecular complexity index is 572. The first kappa shape index (κ1) is 14.5. The van der Waals surface area contributed by atoms with Crippen LogP contribution in [0.15, 0.2) is 29.2 Å². The van der Waals surface area contributed by atoms with Crippen molar-refractivity contribution in [1.29, 1.82) is 0 Å². The quantitative estimate of drug-likeness (QED) is 0.872. The zero-order chi connectivity index (χ0) is 14.9. The van der Waals surface area contributed by atoms with E-state index in [4.69, 9.17) is 0 Å². The maximum atomic E-state index is 12.4. The van der Waals surface area contributed by atoms with Crippen molar-refractivity contribution < 1.29 is 14.1 Å². The summed E-state index contributed by atoms with van der Waals surface area (Å²) in [4.78, 5) is 14.8. The summed E-state index contributed by atoms with van der Waals surface area (Å²) in [6.45, 7) is 0.834. The molecule has 5 nitrogen and oxygen atoms in total. The first-order valence-corrected chi connectivity index (χ1v) is 8.66. The number of nitrogens with zero attached hydrogens (tertiary/aromatic N) is 1. The molecule has 114 valence electrons. The molecule has 1 aromatic carbocycles. The van der Waals surface area contributed by atoms with Crippen LogP contribution in [-0.2, 0) is 10.8 Å². The summed E-state index contributed by atoms with van der Waals surface area (Å²) in [5.74, 6) is 0.574. The van der Waals surface area contributed by atoms with E-state index in [1.807, 2.05) is 24.3 Å². The fourth-order valence-corrected chi connectivity index (χ4v) is 4.02. The highest BCUT2D eigenvalue weighted by Gasteiger charge is 2.35. The number of rotatable bonds is 2. The summed E-state index contributed by atoms with van der Waals surface area (Å²) in [6.07, 6.45) is 3.21. The van der Waals surface area contributed by atoms with Gasteiger partial charge in [0.05, 0.1) is 27.0 Å². The van der Waals surface area contributed by atoms with Crippen molar-refractivity contribution in [3.63, 3.8) is 0 Å². The Labute approximate surface area is 126 Å². The summed E-state index contributed by atoms with van der Waals surface area (Å²) < 4.78 is 12.2. The molecule has 0 bridgehead atoms. The Morgan fingerprint density at radius 1 is 1.33 bits per heavy atom. The van der Waals surface area contributed by atoms with Gasteiger partial charge in [-0.2, -0.15) is 0 Å². The van der Waals surface area contributed by atoms with Gasteiger partial charge in [-0.3, -0.25) is 9.11 Å². The van der Waals surface area contributed by atoms with Crippen LogP contribution in [-0.4, -0.2) is 39.8 Å². The Kier molecular flexibility index (Phi) is 3.99. The Morgan fingerprint density at radius 3 is 2.81 bits per heavy atom. The van der Waals surface area contributed by atoms with Crippen LogP contribution in [0.25, 0.3) is 0 Å². The molecule has 1 atom stereocenters. The van der Waals surface area contributed by atoms with E-state index in [0.717, 1.165) is 19.3 Å². The minimum Gasteiger partial charge on any atom is -0.388 e. The number of carbonyl (C=O) groups is 1. The molecule has 2 amide bonds. The average molecular weight is 308 g/mol. The topological polar surface area (TPSA) is 69.6 Å². The number of hydrogen-bond acceptors (Lipinski definition) is 3. The molecule has 0 radical (unpaired) electrons. The molecule has 0 saturated heterocycles. The van der Waals surface area contributed by atoms with Crippen molar-refractivity contribution in [2.75, 3.05) is 23.7 Å². The number of benzene rings is 1. The van der Waals surface area contributed by atoms with Gasteiger partial charge in [-0.25, -0.2) is 4.79 Å². The van der Waals surface area contributed by atoms with Crippen molar-refractivity contribution in [2.24, 2.45) is 0 Å². The Balaban J connectivity index is 1.76. The molecule has 1 aromatic rings. The van der Waals surface area contributed by atoms with Crippen molar-refractivity contribution in [1.82, 2.24) is 5.32 Å². The SMILES string of the molecule is O=C(NCC1(O)CCC1)N1CCCS(=O)c2ccccc21. The predicted molar refractivity (Wildman–Crippen MR) is 81.9 cm³/mol. The van der Waals surface area contributed by atoms with Crippen LogP contribution in [0.5, 0.6) is 0 Å². The lowest BCUT2D eigenvalue weighted by Crippen LogP contribution is -2.51. The molecule has 0 aromatic heterocycles. The number of urea groups is 1. The lowest BCUT2D eigenvalue weighted by Gasteiger charge is -2.37. The third kappa shape index (κ3) is 2.96. The average Bonchev–Trinajstić information content (AvgIpc) is 2.63. The molecule has 6 heteroatoms. The third-order valence-electron chi connectivity index (χ3n) is 4.21. The number of aliphatic hydroxyl groups is 1. The summed E-state index contributed by atoms with van der Waals surface area (Å²) in [7, 11) is -1.05. The molecule has 1 unspecified atom stereocenters. The molecule has 1 aliphatic carbocycles. The third-order valence-corrected chi connectivity index (χ3v) is 5.71. The second-order valence-corrected chi connectivity index (χ2v) is 7.30. The molecule has 21 heavy (non-hydrogen) atoms. The van der Waals surface area contributed by atoms with E-state index in [-0.39, 0.29) is 12.6 Å². The summed E-state index contributed by atoms with van der Waals surface area (Å²) >= 11 is 0. The van der Waals surface area contributed by atoms with Gasteiger partial charge in [-0.15, -0.1) is 0 Å². The van der Waals surface area contributed by atoms with Crippen LogP contribution < -0.4 is 10.2 Å². The van der Waals surface area contributed by atoms with E-state index in [9.17, 15) is 14.1 Å². The maximum Gasteiger partial charge on any atom is 0.322 e. The number of anilines is 1. The first-order chi connectivity index (χ1) is 10.1. The minimum atomic E-state index is -1.05. The zero-order valence-electron chi connectivity index (χ0n) is 11.9. The smallest absolute Gasteiger partial charge is 0.322 e. The maximum absolute atomic E-state index is 12.4. The number of nitrogens with one attached hydrogen (secondary N) is 1. The molecule has 3 rings (SSSR count). The summed E-state index contributed by atoms with van der Waals surface area (Å²) in [5, 5.41) is 12.9. The Hall–Kier alpha value is -1.40. The fourth-order valence-electron chi connectivity index (χ4n) is 2.77. The lowest BCUT2D eigenvalue weighted by atomic mass is 9.80. The van der Waals surface area contributed by atoms with Gasteiger partial charge in [0.2, 0.25) is 0 Å². The second-order valence-electron chi connectivity index (χ2n) is 5.76. The van der Waals surface area contributed by atoms with Gasteiger partial charge < -0.3 is 10.4 Å². The van der Waals surface area contributed by atoms with Crippen LogP contribution in [0.2, 0.25) is 0 Å². The normalized spacial score (nSPS) is 23.7. The van der Waals surface area contributed by atoms with Gasteiger partial charge in [-0.05, 0) is 37.8 Å². The summed E-state index contributed by atoms with van der Waals surface area (Å²) in [5.41, 5.74) is -0.0180. The lowest BCUT2D eigenvalue weighted by molar-refractivity contribution is -0.0288. The van der Waals surface area contributed by atoms with Crippen LogP contribution in [0, 0.1) is 0 Å². The van der Waals surface area contributed by atoms with Crippen LogP contribution in [0.1, 0.15) is 25.7 Å². The van der Waals surface area contributed by atoms with E-state index < -0.39 is 16.4 Å². The number of carbonyl (C=O) groups excluding carboxylic acids is 1. The first-order valence-electron chi connectivity index (χ1n) is 7.34. The molecule has 1 heterocycles. The highest BCUT2D eigenvalue weighted by Crippen LogP contribution is 2.31. The minimum absolute atomic E-state index is 0.221. The van der Waals surface area contributed by atoms with E-state index in [0.29, 0.717) is 29.3 Å². The highest BCUT2D eigenvalue weighted by atomic mass is 32.2. The van der Waals surface area contributed by atoms with E-state index in [2.05, 4.69) is 5.32 Å². The molecular formula is C15H20N2O3S. The van der Waals surface area contributed by atoms with Gasteiger partial charge >= 0.3 is 6.03 Å². The Morgan fingerprint density at radius 2 is 2.10 bits per heavy atom. The number of para-hydroxylation sites is 1. The predicted octanol–water partition coefficient (Wildman–Crippen LogP) is 1.63. The molecule has 2 N–H and O–H groups in total. The molecule has 1 aliphatic heterocycles. The van der Waals surface area contributed by atoms with Crippen molar-refractivity contribution in [3.05, 3.63) is 24.3 Å². The molecule has 2 aliphatic rings. The van der Waals surface area contributed by atoms with E-state index >= 15 is 0 Å². The van der Waals surface area contributed by atoms with Crippen molar-refractivity contribution in [3.8, 4) is 0 Å². The number of amides is 2.